The van der Waals surface area contributed by atoms with Gasteiger partial charge >= 0.3 is 0 Å². The fraction of sp³-hybridized carbons (Fsp3) is 0.632. The predicted octanol–water partition coefficient (Wildman–Crippen LogP) is 2.47. The fourth-order valence-corrected chi connectivity index (χ4v) is 4.69. The van der Waals surface area contributed by atoms with E-state index in [2.05, 4.69) is 41.0 Å². The van der Waals surface area contributed by atoms with Crippen LogP contribution >= 0.6 is 0 Å². The molecule has 3 aliphatic rings. The van der Waals surface area contributed by atoms with Gasteiger partial charge in [-0.2, -0.15) is 0 Å². The van der Waals surface area contributed by atoms with Crippen molar-refractivity contribution in [3.63, 3.8) is 0 Å². The van der Waals surface area contributed by atoms with Crippen molar-refractivity contribution in [3.8, 4) is 0 Å². The van der Waals surface area contributed by atoms with Crippen molar-refractivity contribution in [2.45, 2.75) is 38.6 Å². The van der Waals surface area contributed by atoms with E-state index in [1.165, 1.54) is 11.3 Å². The number of hydrogen-bond donors (Lipinski definition) is 0. The highest BCUT2D eigenvalue weighted by molar-refractivity contribution is 5.83. The van der Waals surface area contributed by atoms with E-state index in [1.54, 1.807) is 0 Å². The Morgan fingerprint density at radius 1 is 1.22 bits per heavy atom. The van der Waals surface area contributed by atoms with Crippen LogP contribution in [-0.4, -0.2) is 49.7 Å². The molecule has 0 saturated carbocycles. The van der Waals surface area contributed by atoms with E-state index < -0.39 is 0 Å². The Bertz CT molecular complexity index is 595. The Labute approximate surface area is 138 Å². The average Bonchev–Trinajstić information content (AvgIpc) is 3.12. The van der Waals surface area contributed by atoms with Crippen LogP contribution in [-0.2, 0) is 16.0 Å². The van der Waals surface area contributed by atoms with Gasteiger partial charge in [-0.05, 0) is 49.7 Å². The van der Waals surface area contributed by atoms with Crippen molar-refractivity contribution in [1.82, 2.24) is 4.90 Å². The maximum absolute atomic E-state index is 12.9. The molecule has 2 saturated heterocycles. The van der Waals surface area contributed by atoms with E-state index in [9.17, 15) is 4.79 Å². The third-order valence-corrected chi connectivity index (χ3v) is 6.32. The number of nitrogens with zero attached hydrogens (tertiary/aromatic N) is 2. The minimum atomic E-state index is 0.289. The number of para-hydroxylation sites is 1. The molecule has 3 heterocycles. The van der Waals surface area contributed by atoms with Gasteiger partial charge in [0.1, 0.15) is 0 Å². The van der Waals surface area contributed by atoms with Crippen molar-refractivity contribution in [1.29, 1.82) is 0 Å². The topological polar surface area (TPSA) is 32.8 Å². The molecule has 23 heavy (non-hydrogen) atoms. The van der Waals surface area contributed by atoms with Crippen molar-refractivity contribution in [2.75, 3.05) is 37.7 Å². The summed E-state index contributed by atoms with van der Waals surface area (Å²) in [6.07, 6.45) is 4.40. The van der Waals surface area contributed by atoms with E-state index in [-0.39, 0.29) is 5.91 Å². The summed E-state index contributed by atoms with van der Waals surface area (Å²) in [5.41, 5.74) is 2.92. The van der Waals surface area contributed by atoms with E-state index >= 15 is 0 Å². The van der Waals surface area contributed by atoms with E-state index in [1.807, 2.05) is 0 Å². The molecule has 0 unspecified atom stereocenters. The Morgan fingerprint density at radius 3 is 2.83 bits per heavy atom. The quantitative estimate of drug-likeness (QED) is 0.841. The van der Waals surface area contributed by atoms with Gasteiger partial charge in [0.25, 0.3) is 0 Å². The van der Waals surface area contributed by atoms with Gasteiger partial charge in [-0.15, -0.1) is 0 Å². The molecule has 1 aromatic rings. The highest BCUT2D eigenvalue weighted by atomic mass is 16.5. The fourth-order valence-electron chi connectivity index (χ4n) is 4.69. The molecular weight excluding hydrogens is 288 g/mol. The Hall–Kier alpha value is -1.55. The van der Waals surface area contributed by atoms with Crippen LogP contribution in [0.15, 0.2) is 24.3 Å². The Morgan fingerprint density at radius 2 is 2.00 bits per heavy atom. The summed E-state index contributed by atoms with van der Waals surface area (Å²) >= 11 is 0. The first-order valence-electron chi connectivity index (χ1n) is 8.90. The second-order valence-electron chi connectivity index (χ2n) is 7.29. The lowest BCUT2D eigenvalue weighted by atomic mass is 9.74. The number of hydrogen-bond acceptors (Lipinski definition) is 3. The molecule has 4 nitrogen and oxygen atoms in total. The molecule has 4 heteroatoms. The van der Waals surface area contributed by atoms with Gasteiger partial charge in [-0.1, -0.05) is 18.2 Å². The van der Waals surface area contributed by atoms with Gasteiger partial charge in [0.05, 0.1) is 6.54 Å². The number of anilines is 1. The van der Waals surface area contributed by atoms with Gasteiger partial charge in [0.2, 0.25) is 5.91 Å². The molecule has 1 atom stereocenters. The lowest BCUT2D eigenvalue weighted by Gasteiger charge is -2.39. The summed E-state index contributed by atoms with van der Waals surface area (Å²) in [6.45, 7) is 6.35. The highest BCUT2D eigenvalue weighted by Crippen LogP contribution is 2.45. The van der Waals surface area contributed by atoms with Crippen molar-refractivity contribution >= 4 is 11.6 Å². The van der Waals surface area contributed by atoms with Crippen LogP contribution < -0.4 is 4.90 Å². The monoisotopic (exact) mass is 314 g/mol. The summed E-state index contributed by atoms with van der Waals surface area (Å²) in [5, 5.41) is 0. The second kappa shape index (κ2) is 5.82. The molecule has 0 bridgehead atoms. The predicted molar refractivity (Wildman–Crippen MR) is 90.6 cm³/mol. The molecular formula is C19H26N2O2. The van der Waals surface area contributed by atoms with Gasteiger partial charge in [0, 0.05) is 38.0 Å². The minimum absolute atomic E-state index is 0.289. The molecule has 4 rings (SSSR count). The standard InChI is InChI=1S/C19H26N2O2/c1-15-19(8-12-23-13-9-19)7-11-21(15)18(22)14-20-10-6-16-4-2-3-5-17(16)20/h2-5,15H,6-14H2,1H3/t15-/m0/s1. The van der Waals surface area contributed by atoms with E-state index in [0.29, 0.717) is 18.0 Å². The van der Waals surface area contributed by atoms with Crippen molar-refractivity contribution in [3.05, 3.63) is 29.8 Å². The number of amides is 1. The number of fused-ring (bicyclic) bond motifs is 1. The number of likely N-dealkylation sites (tertiary alicyclic amines) is 1. The first-order chi connectivity index (χ1) is 11.2. The number of benzene rings is 1. The van der Waals surface area contributed by atoms with Crippen molar-refractivity contribution < 1.29 is 9.53 Å². The first kappa shape index (κ1) is 15.0. The molecule has 0 aromatic heterocycles. The smallest absolute Gasteiger partial charge is 0.242 e. The maximum Gasteiger partial charge on any atom is 0.242 e. The van der Waals surface area contributed by atoms with Crippen LogP contribution in [0.4, 0.5) is 5.69 Å². The lowest BCUT2D eigenvalue weighted by molar-refractivity contribution is -0.131. The summed E-state index contributed by atoms with van der Waals surface area (Å²) in [5.74, 6) is 0.289. The second-order valence-corrected chi connectivity index (χ2v) is 7.29. The zero-order valence-corrected chi connectivity index (χ0v) is 14.0. The molecule has 1 amide bonds. The van der Waals surface area contributed by atoms with E-state index in [4.69, 9.17) is 4.74 Å². The van der Waals surface area contributed by atoms with Crippen LogP contribution in [0.5, 0.6) is 0 Å². The Kier molecular flexibility index (Phi) is 3.80. The summed E-state index contributed by atoms with van der Waals surface area (Å²) in [4.78, 5) is 17.3. The first-order valence-corrected chi connectivity index (χ1v) is 8.90. The Balaban J connectivity index is 1.44. The molecule has 3 aliphatic heterocycles. The van der Waals surface area contributed by atoms with Crippen molar-refractivity contribution in [2.24, 2.45) is 5.41 Å². The normalized spacial score (nSPS) is 25.9. The molecule has 1 aromatic carbocycles. The van der Waals surface area contributed by atoms with Gasteiger partial charge in [0.15, 0.2) is 0 Å². The third kappa shape index (κ3) is 2.53. The SMILES string of the molecule is C[C@@H]1N(C(=O)CN2CCc3ccccc32)CCC12CCOCC2. The molecule has 2 fully saturated rings. The highest BCUT2D eigenvalue weighted by Gasteiger charge is 2.47. The number of carbonyl (C=O) groups is 1. The van der Waals surface area contributed by atoms with Crippen LogP contribution in [0.2, 0.25) is 0 Å². The van der Waals surface area contributed by atoms with Crippen LogP contribution in [0.25, 0.3) is 0 Å². The average molecular weight is 314 g/mol. The molecule has 0 N–H and O–H groups in total. The van der Waals surface area contributed by atoms with Crippen LogP contribution in [0.3, 0.4) is 0 Å². The summed E-state index contributed by atoms with van der Waals surface area (Å²) in [6, 6.07) is 8.81. The van der Waals surface area contributed by atoms with Crippen LogP contribution in [0.1, 0.15) is 31.7 Å². The van der Waals surface area contributed by atoms with E-state index in [0.717, 1.165) is 52.0 Å². The maximum atomic E-state index is 12.9. The molecule has 1 spiro atoms. The molecule has 124 valence electrons. The summed E-state index contributed by atoms with van der Waals surface area (Å²) in [7, 11) is 0. The van der Waals surface area contributed by atoms with Crippen LogP contribution in [0, 0.1) is 5.41 Å². The van der Waals surface area contributed by atoms with Gasteiger partial charge < -0.3 is 14.5 Å². The van der Waals surface area contributed by atoms with Gasteiger partial charge in [-0.25, -0.2) is 0 Å². The zero-order valence-electron chi connectivity index (χ0n) is 14.0. The lowest BCUT2D eigenvalue weighted by Crippen LogP contribution is -2.46. The minimum Gasteiger partial charge on any atom is -0.381 e. The zero-order chi connectivity index (χ0) is 15.9. The number of ether oxygens (including phenoxy) is 1. The van der Waals surface area contributed by atoms with Gasteiger partial charge in [-0.3, -0.25) is 4.79 Å². The largest absolute Gasteiger partial charge is 0.381 e. The number of rotatable bonds is 2. The number of carbonyl (C=O) groups excluding carboxylic acids is 1. The molecule has 0 aliphatic carbocycles. The summed E-state index contributed by atoms with van der Waals surface area (Å²) < 4.78 is 5.54. The third-order valence-electron chi connectivity index (χ3n) is 6.32. The molecule has 0 radical (unpaired) electrons.